The first-order valence-electron chi connectivity index (χ1n) is 6.13. The number of carbonyl (C=O) groups is 1. The summed E-state index contributed by atoms with van der Waals surface area (Å²) in [5, 5.41) is 11.5. The number of nitrogens with one attached hydrogen (secondary N) is 1. The van der Waals surface area contributed by atoms with E-state index in [-0.39, 0.29) is 12.5 Å². The number of anilines is 1. The Labute approximate surface area is 117 Å². The molecule has 0 fully saturated rings. The monoisotopic (exact) mass is 272 g/mol. The van der Waals surface area contributed by atoms with Crippen LogP contribution in [0.4, 0.5) is 5.69 Å². The lowest BCUT2D eigenvalue weighted by molar-refractivity contribution is 0.0963. The second-order valence-corrected chi connectivity index (χ2v) is 4.24. The number of rotatable bonds is 4. The summed E-state index contributed by atoms with van der Waals surface area (Å²) >= 11 is 0. The van der Waals surface area contributed by atoms with Gasteiger partial charge >= 0.3 is 0 Å². The van der Waals surface area contributed by atoms with Gasteiger partial charge in [0.15, 0.2) is 5.75 Å². The third-order valence-electron chi connectivity index (χ3n) is 2.84. The van der Waals surface area contributed by atoms with E-state index < -0.39 is 0 Å². The van der Waals surface area contributed by atoms with E-state index in [1.165, 1.54) is 0 Å². The summed E-state index contributed by atoms with van der Waals surface area (Å²) < 4.78 is 5.66. The molecule has 104 valence electrons. The molecular weight excluding hydrogens is 256 g/mol. The van der Waals surface area contributed by atoms with E-state index in [4.69, 9.17) is 15.6 Å². The number of hydrogen-bond donors (Lipinski definition) is 3. The number of aliphatic hydroxyl groups excluding tert-OH is 1. The van der Waals surface area contributed by atoms with Crippen molar-refractivity contribution in [3.8, 4) is 11.5 Å². The van der Waals surface area contributed by atoms with Crippen molar-refractivity contribution in [1.29, 1.82) is 0 Å². The second-order valence-electron chi connectivity index (χ2n) is 4.24. The fourth-order valence-corrected chi connectivity index (χ4v) is 1.70. The number of nitrogen functional groups attached to an aromatic ring is 1. The van der Waals surface area contributed by atoms with Crippen LogP contribution in [0.3, 0.4) is 0 Å². The zero-order valence-corrected chi connectivity index (χ0v) is 11.1. The van der Waals surface area contributed by atoms with Gasteiger partial charge in [0.2, 0.25) is 0 Å². The van der Waals surface area contributed by atoms with Crippen molar-refractivity contribution in [2.24, 2.45) is 0 Å². The third-order valence-corrected chi connectivity index (χ3v) is 2.84. The van der Waals surface area contributed by atoms with Crippen molar-refractivity contribution in [2.75, 3.05) is 12.8 Å². The fraction of sp³-hybridized carbons (Fsp3) is 0.133. The van der Waals surface area contributed by atoms with Crippen LogP contribution in [-0.4, -0.2) is 18.1 Å². The Hall–Kier alpha value is -2.53. The van der Waals surface area contributed by atoms with Gasteiger partial charge in [-0.3, -0.25) is 4.79 Å². The van der Waals surface area contributed by atoms with E-state index in [9.17, 15) is 4.79 Å². The van der Waals surface area contributed by atoms with E-state index >= 15 is 0 Å². The molecule has 0 saturated carbocycles. The molecule has 2 aromatic carbocycles. The molecular formula is C15H16N2O3. The lowest BCUT2D eigenvalue weighted by Crippen LogP contribution is -2.17. The van der Waals surface area contributed by atoms with Crippen LogP contribution in [0.15, 0.2) is 42.5 Å². The number of amides is 1. The summed E-state index contributed by atoms with van der Waals surface area (Å²) in [6, 6.07) is 11.8. The van der Waals surface area contributed by atoms with Crippen LogP contribution in [0.5, 0.6) is 11.5 Å². The summed E-state index contributed by atoms with van der Waals surface area (Å²) in [6.07, 6.45) is 0. The van der Waals surface area contributed by atoms with Gasteiger partial charge in [-0.05, 0) is 35.9 Å². The first kappa shape index (κ1) is 13.9. The average molecular weight is 272 g/mol. The summed E-state index contributed by atoms with van der Waals surface area (Å²) in [7, 11) is 1.56. The molecule has 4 N–H and O–H groups in total. The van der Waals surface area contributed by atoms with Crippen LogP contribution in [0.1, 0.15) is 15.9 Å². The van der Waals surface area contributed by atoms with Crippen molar-refractivity contribution in [3.63, 3.8) is 0 Å². The zero-order valence-electron chi connectivity index (χ0n) is 11.1. The summed E-state index contributed by atoms with van der Waals surface area (Å²) in [5.41, 5.74) is 7.56. The minimum Gasteiger partial charge on any atom is -0.455 e. The zero-order chi connectivity index (χ0) is 14.5. The quantitative estimate of drug-likeness (QED) is 0.742. The summed E-state index contributed by atoms with van der Waals surface area (Å²) in [5.74, 6) is 0.802. The molecule has 0 aliphatic carbocycles. The first-order chi connectivity index (χ1) is 9.63. The van der Waals surface area contributed by atoms with Crippen molar-refractivity contribution < 1.29 is 14.6 Å². The Kier molecular flexibility index (Phi) is 4.22. The fourth-order valence-electron chi connectivity index (χ4n) is 1.70. The molecule has 0 spiro atoms. The van der Waals surface area contributed by atoms with Crippen LogP contribution < -0.4 is 15.8 Å². The van der Waals surface area contributed by atoms with Crippen LogP contribution in [-0.2, 0) is 6.61 Å². The van der Waals surface area contributed by atoms with Gasteiger partial charge in [-0.25, -0.2) is 0 Å². The highest BCUT2D eigenvalue weighted by Gasteiger charge is 2.08. The highest BCUT2D eigenvalue weighted by molar-refractivity contribution is 5.95. The van der Waals surface area contributed by atoms with Gasteiger partial charge in [0, 0.05) is 12.6 Å². The van der Waals surface area contributed by atoms with Crippen LogP contribution in [0.25, 0.3) is 0 Å². The van der Waals surface area contributed by atoms with Crippen molar-refractivity contribution in [3.05, 3.63) is 53.6 Å². The maximum Gasteiger partial charge on any atom is 0.251 e. The van der Waals surface area contributed by atoms with Gasteiger partial charge in [-0.1, -0.05) is 12.1 Å². The molecule has 2 aromatic rings. The Morgan fingerprint density at radius 2 is 1.95 bits per heavy atom. The first-order valence-corrected chi connectivity index (χ1v) is 6.13. The van der Waals surface area contributed by atoms with Gasteiger partial charge in [0.05, 0.1) is 12.3 Å². The molecule has 5 nitrogen and oxygen atoms in total. The lowest BCUT2D eigenvalue weighted by Gasteiger charge is -2.10. The number of ether oxygens (including phenoxy) is 1. The molecule has 0 atom stereocenters. The molecule has 0 bridgehead atoms. The van der Waals surface area contributed by atoms with E-state index in [0.29, 0.717) is 22.7 Å². The molecule has 0 aliphatic heterocycles. The van der Waals surface area contributed by atoms with Gasteiger partial charge in [0.1, 0.15) is 5.75 Å². The van der Waals surface area contributed by atoms with Crippen LogP contribution >= 0.6 is 0 Å². The molecule has 5 heteroatoms. The standard InChI is InChI=1S/C15H16N2O3/c1-17-15(19)11-4-7-13(16)14(8-11)20-12-5-2-10(9-18)3-6-12/h2-8,18H,9,16H2,1H3,(H,17,19). The van der Waals surface area contributed by atoms with Crippen molar-refractivity contribution in [1.82, 2.24) is 5.32 Å². The third kappa shape index (κ3) is 3.07. The van der Waals surface area contributed by atoms with Gasteiger partial charge in [-0.15, -0.1) is 0 Å². The van der Waals surface area contributed by atoms with Crippen LogP contribution in [0, 0.1) is 0 Å². The predicted octanol–water partition coefficient (Wildman–Crippen LogP) is 1.91. The lowest BCUT2D eigenvalue weighted by atomic mass is 10.1. The predicted molar refractivity (Wildman–Crippen MR) is 76.7 cm³/mol. The highest BCUT2D eigenvalue weighted by Crippen LogP contribution is 2.28. The molecule has 20 heavy (non-hydrogen) atoms. The minimum atomic E-state index is -0.203. The second kappa shape index (κ2) is 6.08. The Balaban J connectivity index is 2.25. The minimum absolute atomic E-state index is 0.0193. The normalized spacial score (nSPS) is 10.1. The van der Waals surface area contributed by atoms with Crippen LogP contribution in [0.2, 0.25) is 0 Å². The highest BCUT2D eigenvalue weighted by atomic mass is 16.5. The molecule has 2 rings (SSSR count). The van der Waals surface area contributed by atoms with Gasteiger partial charge < -0.3 is 20.9 Å². The Bertz CT molecular complexity index is 609. The summed E-state index contributed by atoms with van der Waals surface area (Å²) in [4.78, 5) is 11.6. The van der Waals surface area contributed by atoms with E-state index in [1.54, 1.807) is 49.5 Å². The van der Waals surface area contributed by atoms with Crippen molar-refractivity contribution >= 4 is 11.6 Å². The number of nitrogens with two attached hydrogens (primary N) is 1. The average Bonchev–Trinajstić information content (AvgIpc) is 2.49. The smallest absolute Gasteiger partial charge is 0.251 e. The number of benzene rings is 2. The van der Waals surface area contributed by atoms with E-state index in [1.807, 2.05) is 0 Å². The molecule has 1 amide bonds. The van der Waals surface area contributed by atoms with Crippen molar-refractivity contribution in [2.45, 2.75) is 6.61 Å². The maximum atomic E-state index is 11.6. The molecule has 0 unspecified atom stereocenters. The molecule has 0 radical (unpaired) electrons. The topological polar surface area (TPSA) is 84.6 Å². The number of aliphatic hydroxyl groups is 1. The molecule has 0 saturated heterocycles. The van der Waals surface area contributed by atoms with Gasteiger partial charge in [0.25, 0.3) is 5.91 Å². The van der Waals surface area contributed by atoms with E-state index in [0.717, 1.165) is 5.56 Å². The number of hydrogen-bond acceptors (Lipinski definition) is 4. The number of carbonyl (C=O) groups excluding carboxylic acids is 1. The Morgan fingerprint density at radius 3 is 2.55 bits per heavy atom. The molecule has 0 aromatic heterocycles. The molecule has 0 aliphatic rings. The van der Waals surface area contributed by atoms with E-state index in [2.05, 4.69) is 5.32 Å². The largest absolute Gasteiger partial charge is 0.455 e. The summed E-state index contributed by atoms with van der Waals surface area (Å²) in [6.45, 7) is -0.0193. The maximum absolute atomic E-state index is 11.6. The SMILES string of the molecule is CNC(=O)c1ccc(N)c(Oc2ccc(CO)cc2)c1. The van der Waals surface area contributed by atoms with Gasteiger partial charge in [-0.2, -0.15) is 0 Å². The Morgan fingerprint density at radius 1 is 1.25 bits per heavy atom. The molecule has 0 heterocycles.